The van der Waals surface area contributed by atoms with Gasteiger partial charge in [0.15, 0.2) is 0 Å². The third-order valence-corrected chi connectivity index (χ3v) is 21.3. The summed E-state index contributed by atoms with van der Waals surface area (Å²) in [6.07, 6.45) is 12.7. The van der Waals surface area contributed by atoms with Crippen LogP contribution in [0.25, 0.3) is 118 Å². The molecule has 6 aromatic carbocycles. The molecule has 6 aromatic heterocycles. The Morgan fingerprint density at radius 3 is 1.09 bits per heavy atom. The van der Waals surface area contributed by atoms with E-state index in [1.165, 1.54) is 182 Å². The molecule has 0 bridgehead atoms. The van der Waals surface area contributed by atoms with Gasteiger partial charge in [-0.25, -0.2) is 0 Å². The fourth-order valence-corrected chi connectivity index (χ4v) is 17.1. The molecule has 14 rings (SSSR count). The van der Waals surface area contributed by atoms with Gasteiger partial charge >= 0.3 is 0 Å². The van der Waals surface area contributed by atoms with Gasteiger partial charge in [-0.1, -0.05) is 149 Å². The first kappa shape index (κ1) is 47.9. The number of rotatable bonds is 16. The van der Waals surface area contributed by atoms with Crippen LogP contribution in [0, 0.1) is 0 Å². The van der Waals surface area contributed by atoms with Crippen LogP contribution in [-0.4, -0.2) is 17.5 Å². The zero-order valence-corrected chi connectivity index (χ0v) is 47.2. The van der Waals surface area contributed by atoms with E-state index in [9.17, 15) is 0 Å². The van der Waals surface area contributed by atoms with Crippen LogP contribution in [0.3, 0.4) is 0 Å². The summed E-state index contributed by atoms with van der Waals surface area (Å²) in [4.78, 5) is 10.7. The molecule has 0 unspecified atom stereocenters. The summed E-state index contributed by atoms with van der Waals surface area (Å²) in [6.45, 7) is 4.55. The van der Waals surface area contributed by atoms with Crippen LogP contribution in [0.1, 0.15) is 97.2 Å². The van der Waals surface area contributed by atoms with Gasteiger partial charge in [-0.2, -0.15) is 17.5 Å². The van der Waals surface area contributed by atoms with E-state index >= 15 is 0 Å². The molecule has 0 fully saturated rings. The largest absolute Gasteiger partial charge is 0.172 e. The highest BCUT2D eigenvalue weighted by molar-refractivity contribution is 7.24. The maximum absolute atomic E-state index is 5.00. The molecule has 6 heterocycles. The number of hydrogen-bond acceptors (Lipinski definition) is 10. The van der Waals surface area contributed by atoms with Gasteiger partial charge < -0.3 is 0 Å². The zero-order valence-electron chi connectivity index (χ0n) is 42.3. The van der Waals surface area contributed by atoms with Crippen LogP contribution in [0.5, 0.6) is 0 Å². The predicted molar refractivity (Wildman–Crippen MR) is 331 cm³/mol. The lowest BCUT2D eigenvalue weighted by atomic mass is 9.89. The number of thiophene rings is 4. The minimum Gasteiger partial charge on any atom is -0.172 e. The molecular formula is C66H52N4S6. The number of aryl methyl sites for hydroxylation is 2. The van der Waals surface area contributed by atoms with Gasteiger partial charge in [0.05, 0.1) is 23.5 Å². The first-order valence-corrected chi connectivity index (χ1v) is 31.5. The second kappa shape index (κ2) is 20.5. The minimum absolute atomic E-state index is 0.951. The van der Waals surface area contributed by atoms with E-state index < -0.39 is 0 Å². The van der Waals surface area contributed by atoms with Crippen molar-refractivity contribution >= 4 is 102 Å². The number of hydrogen-bond donors (Lipinski definition) is 0. The van der Waals surface area contributed by atoms with Gasteiger partial charge in [-0.3, -0.25) is 0 Å². The van der Waals surface area contributed by atoms with Crippen molar-refractivity contribution in [3.05, 3.63) is 190 Å². The van der Waals surface area contributed by atoms with E-state index in [0.29, 0.717) is 0 Å². The topological polar surface area (TPSA) is 51.6 Å². The summed E-state index contributed by atoms with van der Waals surface area (Å²) in [5, 5.41) is 0. The van der Waals surface area contributed by atoms with Crippen LogP contribution in [0.15, 0.2) is 158 Å². The fraction of sp³-hybridized carbons (Fsp3) is 0.182. The standard InChI is InChI=1S/C66H52N4S6/c1-3-5-7-9-15-41-23-31-57(71-41)59-35-33-55(73-59)51-29-27-43(63-65(51)69-75-67-63)39-21-25-47-45-17-11-13-19-49(45)61(53(47)37-39)62-50-20-14-12-18-46(50)48-26-22-40(38-54(48)62)44-28-30-52(66-64(44)68-76-70-66)56-34-36-60(74-56)58-32-24-42(72-58)16-10-8-6-4-2/h11-14,17-38H,3-10,15-16H2,1-2H3/b62-61+. The quantitative estimate of drug-likeness (QED) is 0.0905. The molecule has 0 amide bonds. The van der Waals surface area contributed by atoms with Crippen molar-refractivity contribution in [2.24, 2.45) is 0 Å². The van der Waals surface area contributed by atoms with Gasteiger partial charge in [0, 0.05) is 61.3 Å². The third kappa shape index (κ3) is 8.49. The molecule has 2 aliphatic carbocycles. The lowest BCUT2D eigenvalue weighted by Gasteiger charge is -2.14. The maximum Gasteiger partial charge on any atom is 0.114 e. The lowest BCUT2D eigenvalue weighted by Crippen LogP contribution is -1.93. The summed E-state index contributed by atoms with van der Waals surface area (Å²) in [7, 11) is 0. The van der Waals surface area contributed by atoms with E-state index in [0.717, 1.165) is 55.4 Å². The molecule has 10 heteroatoms. The zero-order chi connectivity index (χ0) is 50.7. The molecular weight excluding hydrogens is 1040 g/mol. The smallest absolute Gasteiger partial charge is 0.114 e. The highest BCUT2D eigenvalue weighted by Crippen LogP contribution is 2.56. The second-order valence-corrected chi connectivity index (χ2v) is 25.6. The normalized spacial score (nSPS) is 13.5. The maximum atomic E-state index is 5.00. The van der Waals surface area contributed by atoms with Gasteiger partial charge in [-0.05, 0) is 153 Å². The molecule has 4 nitrogen and oxygen atoms in total. The van der Waals surface area contributed by atoms with Crippen molar-refractivity contribution < 1.29 is 0 Å². The van der Waals surface area contributed by atoms with Gasteiger partial charge in [0.2, 0.25) is 0 Å². The van der Waals surface area contributed by atoms with Crippen molar-refractivity contribution in [1.29, 1.82) is 0 Å². The minimum atomic E-state index is 0.951. The molecule has 76 heavy (non-hydrogen) atoms. The van der Waals surface area contributed by atoms with E-state index in [1.807, 2.05) is 45.3 Å². The lowest BCUT2D eigenvalue weighted by molar-refractivity contribution is 0.670. The number of unbranched alkanes of at least 4 members (excludes halogenated alkanes) is 6. The number of aromatic nitrogens is 4. The summed E-state index contributed by atoms with van der Waals surface area (Å²) in [5.41, 5.74) is 23.1. The van der Waals surface area contributed by atoms with Crippen molar-refractivity contribution in [2.75, 3.05) is 0 Å². The van der Waals surface area contributed by atoms with Crippen molar-refractivity contribution in [1.82, 2.24) is 17.5 Å². The molecule has 0 saturated heterocycles. The Bertz CT molecular complexity index is 3920. The van der Waals surface area contributed by atoms with E-state index in [2.05, 4.69) is 172 Å². The van der Waals surface area contributed by atoms with Gasteiger partial charge in [0.25, 0.3) is 0 Å². The molecule has 12 aromatic rings. The van der Waals surface area contributed by atoms with Gasteiger partial charge in [-0.15, -0.1) is 45.3 Å². The predicted octanol–water partition coefficient (Wildman–Crippen LogP) is 21.2. The second-order valence-electron chi connectivity index (χ2n) is 20.1. The Morgan fingerprint density at radius 2 is 0.645 bits per heavy atom. The van der Waals surface area contributed by atoms with E-state index in [4.69, 9.17) is 17.5 Å². The number of benzene rings is 6. The van der Waals surface area contributed by atoms with Gasteiger partial charge in [0.1, 0.15) is 22.1 Å². The van der Waals surface area contributed by atoms with E-state index in [1.54, 1.807) is 0 Å². The molecule has 372 valence electrons. The van der Waals surface area contributed by atoms with Crippen LogP contribution in [0.4, 0.5) is 0 Å². The molecule has 0 N–H and O–H groups in total. The first-order chi connectivity index (χ1) is 37.6. The Kier molecular flexibility index (Phi) is 12.9. The van der Waals surface area contributed by atoms with Crippen LogP contribution >= 0.6 is 68.8 Å². The van der Waals surface area contributed by atoms with Crippen molar-refractivity contribution in [3.8, 4) is 84.9 Å². The van der Waals surface area contributed by atoms with Crippen molar-refractivity contribution in [2.45, 2.75) is 78.1 Å². The molecule has 0 spiro atoms. The molecule has 0 aliphatic heterocycles. The Morgan fingerprint density at radius 1 is 0.289 bits per heavy atom. The third-order valence-electron chi connectivity index (χ3n) is 15.4. The molecule has 0 radical (unpaired) electrons. The number of fused-ring (bicyclic) bond motifs is 8. The van der Waals surface area contributed by atoms with Crippen molar-refractivity contribution in [3.63, 3.8) is 0 Å². The fourth-order valence-electron chi connectivity index (χ4n) is 11.6. The van der Waals surface area contributed by atoms with Crippen LogP contribution < -0.4 is 0 Å². The molecule has 0 atom stereocenters. The SMILES string of the molecule is CCCCCCc1ccc(-c2ccc(-c3ccc(-c4ccc5c(c4)/C(=C4\c6ccccc6-c6ccc(-c7ccc(-c8ccc(-c9ccc(CCCCCC)s9)s8)c8nsnc78)cc64)c4ccccc4-5)c4nsnc34)s2)s1. The molecule has 2 aliphatic rings. The average molecular weight is 1090 g/mol. The Balaban J connectivity index is 0.823. The summed E-state index contributed by atoms with van der Waals surface area (Å²) in [6, 6.07) is 59.4. The Hall–Kier alpha value is -6.50. The summed E-state index contributed by atoms with van der Waals surface area (Å²) < 4.78 is 19.9. The van der Waals surface area contributed by atoms with Crippen LogP contribution in [0.2, 0.25) is 0 Å². The Labute approximate surface area is 468 Å². The van der Waals surface area contributed by atoms with Crippen LogP contribution in [-0.2, 0) is 12.8 Å². The monoisotopic (exact) mass is 1090 g/mol. The highest BCUT2D eigenvalue weighted by Gasteiger charge is 2.33. The first-order valence-electron chi connectivity index (χ1n) is 26.7. The molecule has 0 saturated carbocycles. The average Bonchev–Trinajstić information content (AvgIpc) is 4.47. The van der Waals surface area contributed by atoms with E-state index in [-0.39, 0.29) is 0 Å². The highest BCUT2D eigenvalue weighted by atomic mass is 32.1. The summed E-state index contributed by atoms with van der Waals surface area (Å²) in [5.74, 6) is 0. The number of nitrogens with zero attached hydrogens (tertiary/aromatic N) is 4. The summed E-state index contributed by atoms with van der Waals surface area (Å²) >= 11 is 10.2.